The quantitative estimate of drug-likeness (QED) is 0.233. The Hall–Kier alpha value is 0.0400. The van der Waals surface area contributed by atoms with Crippen molar-refractivity contribution in [2.75, 3.05) is 0 Å². The van der Waals surface area contributed by atoms with Crippen LogP contribution in [0.25, 0.3) is 0 Å². The summed E-state index contributed by atoms with van der Waals surface area (Å²) >= 11 is 3.13. The van der Waals surface area contributed by atoms with Crippen LogP contribution in [-0.2, 0) is 0 Å². The van der Waals surface area contributed by atoms with Gasteiger partial charge in [0, 0.05) is 22.4 Å². The normalized spacial score (nSPS) is 10.2. The van der Waals surface area contributed by atoms with Gasteiger partial charge in [-0.25, -0.2) is 0 Å². The molecular weight excluding hydrogens is 296 g/mol. The second kappa shape index (κ2) is 18.0. The van der Waals surface area contributed by atoms with Crippen LogP contribution in [0.1, 0.15) is 103 Å². The van der Waals surface area contributed by atoms with Crippen LogP contribution in [0.4, 0.5) is 0 Å². The molecule has 0 aromatic rings. The standard InChI is InChI=1S/C18H33Br/c1-2-3-4-5-6-7-8-9-10-11-12-13-14-15-16-17-18-19/h2-16H2,1H3. The monoisotopic (exact) mass is 328 g/mol. The molecule has 112 valence electrons. The summed E-state index contributed by atoms with van der Waals surface area (Å²) < 4.78 is 0. The summed E-state index contributed by atoms with van der Waals surface area (Å²) in [7, 11) is 0. The van der Waals surface area contributed by atoms with Gasteiger partial charge in [-0.3, -0.25) is 0 Å². The van der Waals surface area contributed by atoms with Crippen molar-refractivity contribution in [2.24, 2.45) is 0 Å². The number of rotatable bonds is 14. The van der Waals surface area contributed by atoms with Crippen molar-refractivity contribution in [3.63, 3.8) is 0 Å². The van der Waals surface area contributed by atoms with Gasteiger partial charge < -0.3 is 0 Å². The third kappa shape index (κ3) is 18.0. The van der Waals surface area contributed by atoms with Crippen molar-refractivity contribution in [1.82, 2.24) is 0 Å². The molecule has 0 aliphatic heterocycles. The lowest BCUT2D eigenvalue weighted by Crippen LogP contribution is -1.83. The van der Waals surface area contributed by atoms with E-state index in [-0.39, 0.29) is 0 Å². The second-order valence-electron chi connectivity index (χ2n) is 5.62. The zero-order chi connectivity index (χ0) is 14.0. The highest BCUT2D eigenvalue weighted by Crippen LogP contribution is 2.13. The molecular formula is C18H33Br. The predicted molar refractivity (Wildman–Crippen MR) is 91.6 cm³/mol. The number of halogens is 1. The van der Waals surface area contributed by atoms with E-state index >= 15 is 0 Å². The van der Waals surface area contributed by atoms with Crippen molar-refractivity contribution < 1.29 is 0 Å². The van der Waals surface area contributed by atoms with Crippen LogP contribution in [-0.4, -0.2) is 0 Å². The van der Waals surface area contributed by atoms with E-state index in [4.69, 9.17) is 0 Å². The maximum absolute atomic E-state index is 3.13. The molecule has 0 atom stereocenters. The van der Waals surface area contributed by atoms with Gasteiger partial charge in [-0.1, -0.05) is 96.3 Å². The van der Waals surface area contributed by atoms with Crippen LogP contribution >= 0.6 is 15.9 Å². The van der Waals surface area contributed by atoms with E-state index in [0.717, 1.165) is 6.42 Å². The molecule has 0 aromatic heterocycles. The first-order chi connectivity index (χ1) is 9.41. The fourth-order valence-electron chi connectivity index (χ4n) is 2.46. The summed E-state index contributed by atoms with van der Waals surface area (Å²) in [5.74, 6) is 3.06. The Morgan fingerprint density at radius 1 is 0.579 bits per heavy atom. The number of hydrogen-bond acceptors (Lipinski definition) is 0. The Labute approximate surface area is 130 Å². The van der Waals surface area contributed by atoms with Crippen LogP contribution in [0.3, 0.4) is 0 Å². The molecule has 0 aliphatic carbocycles. The second-order valence-corrected chi connectivity index (χ2v) is 6.01. The number of unbranched alkanes of at least 4 members (excludes halogenated alkanes) is 14. The van der Waals surface area contributed by atoms with E-state index in [1.807, 2.05) is 0 Å². The zero-order valence-corrected chi connectivity index (χ0v) is 14.6. The molecule has 0 aromatic carbocycles. The first-order valence-electron chi connectivity index (χ1n) is 8.50. The van der Waals surface area contributed by atoms with Crippen LogP contribution in [0.15, 0.2) is 0 Å². The summed E-state index contributed by atoms with van der Waals surface area (Å²) in [6, 6.07) is 0. The maximum Gasteiger partial charge on any atom is 0.0106 e. The van der Waals surface area contributed by atoms with Crippen LogP contribution in [0, 0.1) is 10.8 Å². The van der Waals surface area contributed by atoms with Gasteiger partial charge in [-0.15, -0.1) is 0 Å². The van der Waals surface area contributed by atoms with Crippen molar-refractivity contribution in [2.45, 2.75) is 103 Å². The third-order valence-corrected chi connectivity index (χ3v) is 4.00. The smallest absolute Gasteiger partial charge is 0.0106 e. The van der Waals surface area contributed by atoms with E-state index in [1.165, 1.54) is 89.9 Å². The SMILES string of the molecule is CCCCCCCCCCCCCCCCC#CBr. The summed E-state index contributed by atoms with van der Waals surface area (Å²) in [4.78, 5) is 2.78. The molecule has 0 unspecified atom stereocenters. The Morgan fingerprint density at radius 2 is 0.947 bits per heavy atom. The minimum absolute atomic E-state index is 1.06. The molecule has 0 saturated heterocycles. The minimum atomic E-state index is 1.06. The summed E-state index contributed by atoms with van der Waals surface area (Å²) in [6.45, 7) is 2.29. The lowest BCUT2D eigenvalue weighted by atomic mass is 10.0. The number of hydrogen-bond donors (Lipinski definition) is 0. The summed E-state index contributed by atoms with van der Waals surface area (Å²) in [6.07, 6.45) is 21.0. The average Bonchev–Trinajstić information content (AvgIpc) is 2.43. The van der Waals surface area contributed by atoms with E-state index < -0.39 is 0 Å². The third-order valence-electron chi connectivity index (χ3n) is 3.72. The molecule has 0 amide bonds. The van der Waals surface area contributed by atoms with Crippen molar-refractivity contribution >= 4 is 15.9 Å². The van der Waals surface area contributed by atoms with Gasteiger partial charge in [0.05, 0.1) is 0 Å². The minimum Gasteiger partial charge on any atom is -0.0908 e. The molecule has 19 heavy (non-hydrogen) atoms. The molecule has 0 spiro atoms. The highest BCUT2D eigenvalue weighted by molar-refractivity contribution is 9.12. The average molecular weight is 329 g/mol. The molecule has 0 fully saturated rings. The van der Waals surface area contributed by atoms with Gasteiger partial charge in [0.15, 0.2) is 0 Å². The Balaban J connectivity index is 2.92. The van der Waals surface area contributed by atoms with Gasteiger partial charge in [0.25, 0.3) is 0 Å². The van der Waals surface area contributed by atoms with Gasteiger partial charge in [-0.05, 0) is 11.3 Å². The molecule has 0 aliphatic rings. The van der Waals surface area contributed by atoms with Crippen molar-refractivity contribution in [3.8, 4) is 10.8 Å². The molecule has 0 rings (SSSR count). The zero-order valence-electron chi connectivity index (χ0n) is 13.0. The molecule has 0 bridgehead atoms. The lowest BCUT2D eigenvalue weighted by Gasteiger charge is -2.02. The maximum atomic E-state index is 3.13. The van der Waals surface area contributed by atoms with Crippen LogP contribution in [0.5, 0.6) is 0 Å². The summed E-state index contributed by atoms with van der Waals surface area (Å²) in [5, 5.41) is 0. The highest BCUT2D eigenvalue weighted by atomic mass is 79.9. The van der Waals surface area contributed by atoms with Crippen LogP contribution in [0.2, 0.25) is 0 Å². The molecule has 0 heterocycles. The van der Waals surface area contributed by atoms with E-state index in [9.17, 15) is 0 Å². The topological polar surface area (TPSA) is 0 Å². The largest absolute Gasteiger partial charge is 0.0908 e. The highest BCUT2D eigenvalue weighted by Gasteiger charge is 1.93. The van der Waals surface area contributed by atoms with Gasteiger partial charge in [-0.2, -0.15) is 0 Å². The van der Waals surface area contributed by atoms with Gasteiger partial charge in [0.1, 0.15) is 0 Å². The van der Waals surface area contributed by atoms with E-state index in [2.05, 4.69) is 33.6 Å². The molecule has 0 radical (unpaired) electrons. The van der Waals surface area contributed by atoms with Gasteiger partial charge >= 0.3 is 0 Å². The lowest BCUT2D eigenvalue weighted by molar-refractivity contribution is 0.536. The summed E-state index contributed by atoms with van der Waals surface area (Å²) in [5.41, 5.74) is 0. The van der Waals surface area contributed by atoms with Crippen molar-refractivity contribution in [1.29, 1.82) is 0 Å². The first-order valence-corrected chi connectivity index (χ1v) is 9.29. The fraction of sp³-hybridized carbons (Fsp3) is 0.889. The van der Waals surface area contributed by atoms with E-state index in [0.29, 0.717) is 0 Å². The van der Waals surface area contributed by atoms with Crippen molar-refractivity contribution in [3.05, 3.63) is 0 Å². The Morgan fingerprint density at radius 3 is 1.32 bits per heavy atom. The molecule has 0 nitrogen and oxygen atoms in total. The Bertz CT molecular complexity index is 211. The van der Waals surface area contributed by atoms with Crippen LogP contribution < -0.4 is 0 Å². The molecule has 0 N–H and O–H groups in total. The Kier molecular flexibility index (Phi) is 18.1. The fourth-order valence-corrected chi connectivity index (χ4v) is 2.65. The molecule has 1 heteroatoms. The molecule has 0 saturated carbocycles. The first kappa shape index (κ1) is 19.0. The predicted octanol–water partition coefficient (Wildman–Crippen LogP) is 7.21. The van der Waals surface area contributed by atoms with E-state index in [1.54, 1.807) is 0 Å². The van der Waals surface area contributed by atoms with Gasteiger partial charge in [0.2, 0.25) is 0 Å².